The largest absolute Gasteiger partial charge is 0.444 e. The Hall–Kier alpha value is -4.60. The number of hydrogen-bond acceptors (Lipinski definition) is 11. The average molecular weight is 792 g/mol. The SMILES string of the molecule is C[C@@H](CCN(CCCCNC(=O)OCC(=O)NCCCCCCN=C(NC(=O)OC(C)(C)C)NC(=O)OC(C)(C)C)Cc1ccccc1)NC(=O)OC(C)(C)C. The van der Waals surface area contributed by atoms with Crippen molar-refractivity contribution in [2.24, 2.45) is 4.99 Å². The van der Waals surface area contributed by atoms with Crippen molar-refractivity contribution in [1.29, 1.82) is 0 Å². The molecule has 16 nitrogen and oxygen atoms in total. The summed E-state index contributed by atoms with van der Waals surface area (Å²) < 4.78 is 20.9. The molecular formula is C40H69N7O9. The average Bonchev–Trinajstić information content (AvgIpc) is 3.04. The number of ether oxygens (including phenoxy) is 4. The second-order valence-electron chi connectivity index (χ2n) is 16.6. The Labute approximate surface area is 334 Å². The van der Waals surface area contributed by atoms with Gasteiger partial charge in [-0.1, -0.05) is 43.2 Å². The molecule has 0 spiro atoms. The summed E-state index contributed by atoms with van der Waals surface area (Å²) in [5.41, 5.74) is -0.814. The molecule has 0 unspecified atom stereocenters. The summed E-state index contributed by atoms with van der Waals surface area (Å²) in [5, 5.41) is 13.3. The molecule has 1 aromatic carbocycles. The van der Waals surface area contributed by atoms with Crippen molar-refractivity contribution in [3.8, 4) is 0 Å². The number of rotatable bonds is 20. The van der Waals surface area contributed by atoms with Crippen molar-refractivity contribution in [3.63, 3.8) is 0 Å². The molecule has 0 bridgehead atoms. The van der Waals surface area contributed by atoms with E-state index in [2.05, 4.69) is 48.6 Å². The van der Waals surface area contributed by atoms with Gasteiger partial charge in [0.2, 0.25) is 5.96 Å². The zero-order valence-electron chi connectivity index (χ0n) is 35.4. The van der Waals surface area contributed by atoms with Gasteiger partial charge < -0.3 is 34.9 Å². The Kier molecular flexibility index (Phi) is 22.5. The van der Waals surface area contributed by atoms with Gasteiger partial charge in [-0.25, -0.2) is 19.2 Å². The molecule has 0 aromatic heterocycles. The molecule has 16 heteroatoms. The van der Waals surface area contributed by atoms with Crippen molar-refractivity contribution in [3.05, 3.63) is 35.9 Å². The number of alkyl carbamates (subject to hydrolysis) is 4. The van der Waals surface area contributed by atoms with Crippen molar-refractivity contribution in [2.45, 2.75) is 144 Å². The van der Waals surface area contributed by atoms with Gasteiger partial charge in [0, 0.05) is 38.8 Å². The highest BCUT2D eigenvalue weighted by Gasteiger charge is 2.22. The van der Waals surface area contributed by atoms with Gasteiger partial charge in [0.1, 0.15) is 16.8 Å². The van der Waals surface area contributed by atoms with Gasteiger partial charge >= 0.3 is 24.4 Å². The van der Waals surface area contributed by atoms with E-state index in [4.69, 9.17) is 18.9 Å². The number of amides is 5. The minimum atomic E-state index is -0.753. The van der Waals surface area contributed by atoms with Crippen LogP contribution in [0.25, 0.3) is 0 Å². The molecule has 5 amide bonds. The van der Waals surface area contributed by atoms with Crippen LogP contribution in [0.3, 0.4) is 0 Å². The summed E-state index contributed by atoms with van der Waals surface area (Å²) in [4.78, 5) is 67.5. The van der Waals surface area contributed by atoms with E-state index in [1.165, 1.54) is 5.56 Å². The summed E-state index contributed by atoms with van der Waals surface area (Å²) in [6.07, 6.45) is 2.71. The summed E-state index contributed by atoms with van der Waals surface area (Å²) in [6, 6.07) is 10.1. The van der Waals surface area contributed by atoms with Gasteiger partial charge in [-0.3, -0.25) is 25.3 Å². The number of unbranched alkanes of at least 4 members (excludes halogenated alkanes) is 4. The van der Waals surface area contributed by atoms with Crippen LogP contribution in [0.2, 0.25) is 0 Å². The van der Waals surface area contributed by atoms with Gasteiger partial charge in [-0.05, 0) is 113 Å². The van der Waals surface area contributed by atoms with E-state index in [0.29, 0.717) is 32.5 Å². The molecular weight excluding hydrogens is 722 g/mol. The number of guanidine groups is 1. The molecule has 1 rings (SSSR count). The molecule has 1 atom stereocenters. The van der Waals surface area contributed by atoms with Crippen molar-refractivity contribution >= 4 is 36.2 Å². The van der Waals surface area contributed by atoms with Crippen molar-refractivity contribution in [2.75, 3.05) is 39.3 Å². The number of nitrogens with one attached hydrogen (secondary N) is 5. The first-order chi connectivity index (χ1) is 26.1. The lowest BCUT2D eigenvalue weighted by Gasteiger charge is -2.25. The van der Waals surface area contributed by atoms with E-state index < -0.39 is 41.2 Å². The number of hydrogen-bond donors (Lipinski definition) is 5. The quantitative estimate of drug-likeness (QED) is 0.0428. The van der Waals surface area contributed by atoms with Crippen molar-refractivity contribution in [1.82, 2.24) is 31.5 Å². The fourth-order valence-corrected chi connectivity index (χ4v) is 4.87. The minimum absolute atomic E-state index is 0.0594. The standard InChI is InChI=1S/C40H69N7O9/c1-30(44-35(50)54-38(2,3)4)22-27-47(28-31-20-14-13-15-21-31)26-19-18-25-43-34(49)53-29-32(48)41-23-16-11-12-17-24-42-33(45-36(51)55-39(5,6)7)46-37(52)56-40(8,9)10/h13-15,20-21,30H,11-12,16-19,22-29H2,1-10H3,(H,41,48)(H,43,49)(H,44,50)(H2,42,45,46,51,52)/t30-/m0/s1. The van der Waals surface area contributed by atoms with Crippen LogP contribution in [-0.4, -0.2) is 103 Å². The van der Waals surface area contributed by atoms with E-state index in [9.17, 15) is 24.0 Å². The third-order valence-corrected chi connectivity index (χ3v) is 7.31. The van der Waals surface area contributed by atoms with Crippen LogP contribution < -0.4 is 26.6 Å². The van der Waals surface area contributed by atoms with Crippen LogP contribution in [0.4, 0.5) is 19.2 Å². The predicted molar refractivity (Wildman–Crippen MR) is 216 cm³/mol. The van der Waals surface area contributed by atoms with Crippen molar-refractivity contribution < 1.29 is 42.9 Å². The maximum Gasteiger partial charge on any atom is 0.414 e. The van der Waals surface area contributed by atoms with Gasteiger partial charge in [-0.15, -0.1) is 0 Å². The Morgan fingerprint density at radius 1 is 0.661 bits per heavy atom. The van der Waals surface area contributed by atoms with E-state index in [-0.39, 0.29) is 24.5 Å². The maximum absolute atomic E-state index is 12.2. The fourth-order valence-electron chi connectivity index (χ4n) is 4.87. The predicted octanol–water partition coefficient (Wildman–Crippen LogP) is 6.38. The first kappa shape index (κ1) is 49.4. The highest BCUT2D eigenvalue weighted by Crippen LogP contribution is 2.11. The number of aliphatic imine (C=N–C) groups is 1. The molecule has 0 saturated carbocycles. The lowest BCUT2D eigenvalue weighted by atomic mass is 10.1. The van der Waals surface area contributed by atoms with Crippen LogP contribution in [0.5, 0.6) is 0 Å². The molecule has 318 valence electrons. The Morgan fingerprint density at radius 2 is 1.20 bits per heavy atom. The summed E-state index contributed by atoms with van der Waals surface area (Å²) >= 11 is 0. The second-order valence-corrected chi connectivity index (χ2v) is 16.6. The highest BCUT2D eigenvalue weighted by molar-refractivity contribution is 6.01. The van der Waals surface area contributed by atoms with E-state index >= 15 is 0 Å². The number of nitrogens with zero attached hydrogens (tertiary/aromatic N) is 2. The fraction of sp³-hybridized carbons (Fsp3) is 0.700. The Balaban J connectivity index is 2.32. The number of carbonyl (C=O) groups excluding carboxylic acids is 5. The van der Waals surface area contributed by atoms with Crippen LogP contribution in [0, 0.1) is 0 Å². The van der Waals surface area contributed by atoms with Gasteiger partial charge in [0.25, 0.3) is 5.91 Å². The molecule has 0 aliphatic heterocycles. The van der Waals surface area contributed by atoms with E-state index in [1.54, 1.807) is 41.5 Å². The van der Waals surface area contributed by atoms with Crippen LogP contribution in [0.15, 0.2) is 35.3 Å². The lowest BCUT2D eigenvalue weighted by molar-refractivity contribution is -0.124. The molecule has 0 heterocycles. The first-order valence-electron chi connectivity index (χ1n) is 19.6. The topological polar surface area (TPSA) is 198 Å². The monoisotopic (exact) mass is 792 g/mol. The molecule has 0 saturated heterocycles. The zero-order chi connectivity index (χ0) is 42.2. The third kappa shape index (κ3) is 28.8. The molecule has 0 aliphatic rings. The van der Waals surface area contributed by atoms with E-state index in [0.717, 1.165) is 51.7 Å². The van der Waals surface area contributed by atoms with Crippen LogP contribution in [-0.2, 0) is 30.3 Å². The summed E-state index contributed by atoms with van der Waals surface area (Å²) in [5.74, 6) is -0.453. The van der Waals surface area contributed by atoms with E-state index in [1.807, 2.05) is 45.9 Å². The molecule has 0 radical (unpaired) electrons. The number of benzene rings is 1. The smallest absolute Gasteiger partial charge is 0.414 e. The number of carbonyl (C=O) groups is 5. The first-order valence-corrected chi connectivity index (χ1v) is 19.6. The normalized spacial score (nSPS) is 12.1. The molecule has 0 aliphatic carbocycles. The molecule has 56 heavy (non-hydrogen) atoms. The van der Waals surface area contributed by atoms with Crippen LogP contribution >= 0.6 is 0 Å². The minimum Gasteiger partial charge on any atom is -0.444 e. The molecule has 5 N–H and O–H groups in total. The lowest BCUT2D eigenvalue weighted by Crippen LogP contribution is -2.47. The Bertz CT molecular complexity index is 1340. The molecule has 1 aromatic rings. The molecule has 0 fully saturated rings. The maximum atomic E-state index is 12.2. The van der Waals surface area contributed by atoms with Crippen LogP contribution in [0.1, 0.15) is 120 Å². The van der Waals surface area contributed by atoms with Gasteiger partial charge in [0.05, 0.1) is 0 Å². The second kappa shape index (κ2) is 25.5. The zero-order valence-corrected chi connectivity index (χ0v) is 35.4. The Morgan fingerprint density at radius 3 is 1.79 bits per heavy atom. The summed E-state index contributed by atoms with van der Waals surface area (Å²) in [6.45, 7) is 21.0. The van der Waals surface area contributed by atoms with Gasteiger partial charge in [-0.2, -0.15) is 0 Å². The highest BCUT2D eigenvalue weighted by atomic mass is 16.6. The summed E-state index contributed by atoms with van der Waals surface area (Å²) in [7, 11) is 0. The third-order valence-electron chi connectivity index (χ3n) is 7.31. The van der Waals surface area contributed by atoms with Gasteiger partial charge in [0.15, 0.2) is 6.61 Å².